The quantitative estimate of drug-likeness (QED) is 0.518. The number of benzene rings is 1. The van der Waals surface area contributed by atoms with Crippen LogP contribution in [0.2, 0.25) is 0 Å². The first kappa shape index (κ1) is 22.5. The molecule has 0 aliphatic heterocycles. The summed E-state index contributed by atoms with van der Waals surface area (Å²) in [5.74, 6) is -0.977. The maximum atomic E-state index is 12.6. The molecule has 2 aromatic heterocycles. The highest BCUT2D eigenvalue weighted by molar-refractivity contribution is 7.14. The van der Waals surface area contributed by atoms with E-state index < -0.39 is 24.4 Å². The largest absolute Gasteiger partial charge is 0.458 e. The molecule has 0 unspecified atom stereocenters. The number of hydrogen-bond donors (Lipinski definition) is 0. The zero-order chi connectivity index (χ0) is 22.8. The number of halogens is 3. The fourth-order valence-electron chi connectivity index (χ4n) is 2.78. The van der Waals surface area contributed by atoms with E-state index in [-0.39, 0.29) is 12.5 Å². The predicted octanol–water partition coefficient (Wildman–Crippen LogP) is 4.40. The number of aromatic nitrogens is 3. The van der Waals surface area contributed by atoms with E-state index in [1.54, 1.807) is 5.38 Å². The molecule has 2 heterocycles. The second-order valence-corrected chi connectivity index (χ2v) is 7.59. The van der Waals surface area contributed by atoms with Gasteiger partial charge in [-0.25, -0.2) is 4.98 Å². The van der Waals surface area contributed by atoms with Crippen LogP contribution in [0.1, 0.15) is 29.4 Å². The number of amides is 1. The molecule has 0 aliphatic rings. The van der Waals surface area contributed by atoms with Crippen molar-refractivity contribution in [3.8, 4) is 0 Å². The van der Waals surface area contributed by atoms with Crippen molar-refractivity contribution in [1.29, 1.82) is 0 Å². The van der Waals surface area contributed by atoms with Gasteiger partial charge in [-0.15, -0.1) is 11.3 Å². The van der Waals surface area contributed by atoms with E-state index >= 15 is 0 Å². The number of alkyl halides is 3. The lowest BCUT2D eigenvalue weighted by Gasteiger charge is -2.21. The molecule has 0 aliphatic carbocycles. The molecule has 0 N–H and O–H groups in total. The van der Waals surface area contributed by atoms with Gasteiger partial charge in [-0.2, -0.15) is 18.3 Å². The van der Waals surface area contributed by atoms with Crippen molar-refractivity contribution in [1.82, 2.24) is 14.8 Å². The van der Waals surface area contributed by atoms with E-state index in [0.717, 1.165) is 28.1 Å². The molecule has 0 saturated heterocycles. The molecule has 0 saturated carbocycles. The van der Waals surface area contributed by atoms with Crippen LogP contribution in [0.25, 0.3) is 0 Å². The molecule has 31 heavy (non-hydrogen) atoms. The third-order valence-corrected chi connectivity index (χ3v) is 5.34. The highest BCUT2D eigenvalue weighted by Gasteiger charge is 2.33. The Morgan fingerprint density at radius 3 is 2.61 bits per heavy atom. The number of thiazole rings is 1. The molecular weight excluding hydrogens is 433 g/mol. The maximum absolute atomic E-state index is 12.6. The number of nitrogens with zero attached hydrogens (tertiary/aromatic N) is 4. The Morgan fingerprint density at radius 2 is 1.97 bits per heavy atom. The van der Waals surface area contributed by atoms with E-state index in [2.05, 4.69) is 10.1 Å². The van der Waals surface area contributed by atoms with Crippen molar-refractivity contribution in [2.45, 2.75) is 40.1 Å². The summed E-state index contributed by atoms with van der Waals surface area (Å²) < 4.78 is 43.7. The normalized spacial score (nSPS) is 11.4. The van der Waals surface area contributed by atoms with Crippen molar-refractivity contribution in [2.75, 3.05) is 4.90 Å². The number of rotatable bonds is 6. The van der Waals surface area contributed by atoms with Gasteiger partial charge in [0.2, 0.25) is 5.91 Å². The average Bonchev–Trinajstić information content (AvgIpc) is 3.33. The summed E-state index contributed by atoms with van der Waals surface area (Å²) in [4.78, 5) is 30.1. The van der Waals surface area contributed by atoms with Crippen LogP contribution in [0.3, 0.4) is 0 Å². The number of carbonyl (C=O) groups excluding carboxylic acids is 2. The van der Waals surface area contributed by atoms with Crippen LogP contribution in [-0.4, -0.2) is 26.6 Å². The van der Waals surface area contributed by atoms with Crippen molar-refractivity contribution < 1.29 is 27.5 Å². The minimum absolute atomic E-state index is 0.179. The molecule has 11 heteroatoms. The molecule has 0 atom stereocenters. The number of hydrogen-bond acceptors (Lipinski definition) is 6. The van der Waals surface area contributed by atoms with Crippen molar-refractivity contribution >= 4 is 34.0 Å². The van der Waals surface area contributed by atoms with Crippen LogP contribution < -0.4 is 4.90 Å². The Kier molecular flexibility index (Phi) is 6.44. The number of carbonyl (C=O) groups is 2. The summed E-state index contributed by atoms with van der Waals surface area (Å²) in [6, 6.07) is 6.40. The van der Waals surface area contributed by atoms with Gasteiger partial charge in [0.15, 0.2) is 10.8 Å². The lowest BCUT2D eigenvalue weighted by molar-refractivity contribution is -0.147. The first-order valence-corrected chi connectivity index (χ1v) is 10.0. The van der Waals surface area contributed by atoms with Gasteiger partial charge in [-0.3, -0.25) is 19.2 Å². The van der Waals surface area contributed by atoms with Gasteiger partial charge in [0.25, 0.3) is 0 Å². The van der Waals surface area contributed by atoms with Gasteiger partial charge in [-0.05, 0) is 37.1 Å². The van der Waals surface area contributed by atoms with Gasteiger partial charge in [0.05, 0.1) is 11.4 Å². The third-order valence-electron chi connectivity index (χ3n) is 4.47. The lowest BCUT2D eigenvalue weighted by Crippen LogP contribution is -2.23. The number of esters is 1. The summed E-state index contributed by atoms with van der Waals surface area (Å²) in [6.45, 7) is 4.65. The zero-order valence-electron chi connectivity index (χ0n) is 16.9. The van der Waals surface area contributed by atoms with Crippen molar-refractivity contribution in [3.05, 3.63) is 58.4 Å². The summed E-state index contributed by atoms with van der Waals surface area (Å²) in [7, 11) is 0. The van der Waals surface area contributed by atoms with E-state index in [1.165, 1.54) is 23.2 Å². The Morgan fingerprint density at radius 1 is 1.23 bits per heavy atom. The average molecular weight is 452 g/mol. The van der Waals surface area contributed by atoms with Gasteiger partial charge in [0, 0.05) is 18.5 Å². The topological polar surface area (TPSA) is 77.3 Å². The summed E-state index contributed by atoms with van der Waals surface area (Å²) >= 11 is 1.22. The van der Waals surface area contributed by atoms with Crippen LogP contribution in [0.4, 0.5) is 24.0 Å². The fraction of sp³-hybridized carbons (Fsp3) is 0.300. The van der Waals surface area contributed by atoms with Crippen LogP contribution in [0.15, 0.2) is 35.8 Å². The van der Waals surface area contributed by atoms with Crippen LogP contribution in [0.5, 0.6) is 0 Å². The minimum atomic E-state index is -4.58. The Hall–Kier alpha value is -3.21. The highest BCUT2D eigenvalue weighted by Crippen LogP contribution is 2.32. The first-order valence-electron chi connectivity index (χ1n) is 9.14. The summed E-state index contributed by atoms with van der Waals surface area (Å²) in [5, 5.41) is 5.38. The zero-order valence-corrected chi connectivity index (χ0v) is 17.8. The molecule has 3 rings (SSSR count). The Balaban J connectivity index is 1.66. The second kappa shape index (κ2) is 8.88. The predicted molar refractivity (Wildman–Crippen MR) is 108 cm³/mol. The molecule has 0 fully saturated rings. The van der Waals surface area contributed by atoms with Crippen LogP contribution >= 0.6 is 11.3 Å². The fourth-order valence-corrected chi connectivity index (χ4v) is 3.65. The molecular formula is C20H19F3N4O3S. The van der Waals surface area contributed by atoms with Crippen LogP contribution in [0, 0.1) is 13.8 Å². The molecule has 7 nitrogen and oxygen atoms in total. The monoisotopic (exact) mass is 452 g/mol. The number of anilines is 2. The lowest BCUT2D eigenvalue weighted by atomic mass is 10.1. The second-order valence-electron chi connectivity index (χ2n) is 6.75. The van der Waals surface area contributed by atoms with Gasteiger partial charge in [-0.1, -0.05) is 12.1 Å². The molecule has 0 bridgehead atoms. The van der Waals surface area contributed by atoms with Gasteiger partial charge < -0.3 is 4.74 Å². The summed E-state index contributed by atoms with van der Waals surface area (Å²) in [5.41, 5.74) is 2.02. The Bertz CT molecular complexity index is 1110. The number of ether oxygens (including phenoxy) is 1. The van der Waals surface area contributed by atoms with Crippen molar-refractivity contribution in [3.63, 3.8) is 0 Å². The molecule has 3 aromatic rings. The maximum Gasteiger partial charge on any atom is 0.435 e. The SMILES string of the molecule is CC(=O)N(c1nc(COC(=O)Cn2ccc(C(F)(F)F)n2)cs1)c1cccc(C)c1C. The molecule has 164 valence electrons. The van der Waals surface area contributed by atoms with Gasteiger partial charge >= 0.3 is 12.1 Å². The standard InChI is InChI=1S/C20H19F3N4O3S/c1-12-5-4-6-16(13(12)2)27(14(3)28)19-24-15(11-31-19)10-30-18(29)9-26-8-7-17(25-26)20(21,22)23/h4-8,11H,9-10H2,1-3H3. The highest BCUT2D eigenvalue weighted by atomic mass is 32.1. The van der Waals surface area contributed by atoms with E-state index in [0.29, 0.717) is 16.5 Å². The summed E-state index contributed by atoms with van der Waals surface area (Å²) in [6.07, 6.45) is -3.52. The number of aryl methyl sites for hydroxylation is 1. The minimum Gasteiger partial charge on any atom is -0.458 e. The van der Waals surface area contributed by atoms with Gasteiger partial charge in [0.1, 0.15) is 13.2 Å². The molecule has 0 radical (unpaired) electrons. The molecule has 1 amide bonds. The van der Waals surface area contributed by atoms with E-state index in [4.69, 9.17) is 4.74 Å². The smallest absolute Gasteiger partial charge is 0.435 e. The molecule has 0 spiro atoms. The van der Waals surface area contributed by atoms with E-state index in [9.17, 15) is 22.8 Å². The first-order chi connectivity index (χ1) is 14.6. The van der Waals surface area contributed by atoms with Crippen LogP contribution in [-0.2, 0) is 33.7 Å². The third kappa shape index (κ3) is 5.29. The van der Waals surface area contributed by atoms with Crippen molar-refractivity contribution in [2.24, 2.45) is 0 Å². The van der Waals surface area contributed by atoms with E-state index in [1.807, 2.05) is 32.0 Å². The Labute approximate surface area is 180 Å². The molecule has 1 aromatic carbocycles.